The Morgan fingerprint density at radius 1 is 1.05 bits per heavy atom. The molecule has 2 atom stereocenters. The first kappa shape index (κ1) is 26.2. The molecule has 1 aliphatic heterocycles. The summed E-state index contributed by atoms with van der Waals surface area (Å²) in [4.78, 5) is 27.5. The highest BCUT2D eigenvalue weighted by atomic mass is 19.4. The topological polar surface area (TPSA) is 88.5 Å². The highest BCUT2D eigenvalue weighted by molar-refractivity contribution is 5.70. The lowest BCUT2D eigenvalue weighted by Crippen LogP contribution is -2.43. The van der Waals surface area contributed by atoms with Crippen molar-refractivity contribution in [2.24, 2.45) is 5.73 Å². The van der Waals surface area contributed by atoms with Crippen molar-refractivity contribution in [2.75, 3.05) is 13.7 Å². The predicted molar refractivity (Wildman–Crippen MR) is 135 cm³/mol. The summed E-state index contributed by atoms with van der Waals surface area (Å²) in [6.07, 6.45) is -4.90. The van der Waals surface area contributed by atoms with Crippen LogP contribution in [0.4, 0.5) is 17.6 Å². The van der Waals surface area contributed by atoms with E-state index in [-0.39, 0.29) is 18.0 Å². The van der Waals surface area contributed by atoms with Crippen LogP contribution in [0.2, 0.25) is 0 Å². The molecule has 11 heteroatoms. The second kappa shape index (κ2) is 10.1. The Bertz CT molecular complexity index is 1650. The number of aromatic nitrogens is 2. The molecule has 2 unspecified atom stereocenters. The summed E-state index contributed by atoms with van der Waals surface area (Å²) in [6, 6.07) is 15.4. The second-order valence-electron chi connectivity index (χ2n) is 9.02. The van der Waals surface area contributed by atoms with Gasteiger partial charge < -0.3 is 15.2 Å². The molecule has 4 aromatic rings. The van der Waals surface area contributed by atoms with Crippen LogP contribution in [-0.2, 0) is 12.7 Å². The van der Waals surface area contributed by atoms with E-state index >= 15 is 4.39 Å². The third-order valence-electron chi connectivity index (χ3n) is 6.68. The summed E-state index contributed by atoms with van der Waals surface area (Å²) in [5.74, 6) is -1.02. The molecule has 2 N–H and O–H groups in total. The van der Waals surface area contributed by atoms with E-state index in [4.69, 9.17) is 15.2 Å². The quantitative estimate of drug-likeness (QED) is 0.363. The maximum Gasteiger partial charge on any atom is 0.416 e. The van der Waals surface area contributed by atoms with Crippen LogP contribution in [0, 0.1) is 5.82 Å². The van der Waals surface area contributed by atoms with Crippen LogP contribution >= 0.6 is 0 Å². The van der Waals surface area contributed by atoms with Crippen LogP contribution in [0.25, 0.3) is 11.1 Å². The molecule has 3 aromatic carbocycles. The van der Waals surface area contributed by atoms with Crippen molar-refractivity contribution >= 4 is 0 Å². The molecule has 0 bridgehead atoms. The number of hydrogen-bond acceptors (Lipinski definition) is 5. The summed E-state index contributed by atoms with van der Waals surface area (Å²) in [5.41, 5.74) is 3.48. The largest absolute Gasteiger partial charge is 0.497 e. The second-order valence-corrected chi connectivity index (χ2v) is 9.02. The molecule has 0 saturated heterocycles. The zero-order chi connectivity index (χ0) is 27.9. The van der Waals surface area contributed by atoms with Crippen molar-refractivity contribution in [1.29, 1.82) is 0 Å². The molecule has 0 aliphatic carbocycles. The summed E-state index contributed by atoms with van der Waals surface area (Å²) in [6.45, 7) is -0.778. The first-order chi connectivity index (χ1) is 18.6. The van der Waals surface area contributed by atoms with Gasteiger partial charge >= 0.3 is 11.9 Å². The van der Waals surface area contributed by atoms with Crippen LogP contribution in [-0.4, -0.2) is 22.9 Å². The van der Waals surface area contributed by atoms with Gasteiger partial charge in [-0.25, -0.2) is 9.18 Å². The number of rotatable bonds is 6. The maximum atomic E-state index is 15.0. The van der Waals surface area contributed by atoms with Crippen molar-refractivity contribution in [1.82, 2.24) is 9.13 Å². The number of nitrogens with zero attached hydrogens (tertiary/aromatic N) is 2. The number of nitrogens with two attached hydrogens (primary N) is 1. The maximum absolute atomic E-state index is 15.0. The van der Waals surface area contributed by atoms with E-state index in [0.717, 1.165) is 27.3 Å². The van der Waals surface area contributed by atoms with Crippen molar-refractivity contribution in [3.05, 3.63) is 116 Å². The van der Waals surface area contributed by atoms with Gasteiger partial charge in [0.15, 0.2) is 0 Å². The first-order valence-electron chi connectivity index (χ1n) is 11.9. The smallest absolute Gasteiger partial charge is 0.416 e. The fourth-order valence-electron chi connectivity index (χ4n) is 4.82. The SMILES string of the molecule is COc1cccc(-c2c3n(c(=O)n(CC(N)c4ccccc4)c2=O)C(c2c(F)cccc2C(F)(F)F)CO3)c1. The van der Waals surface area contributed by atoms with Crippen molar-refractivity contribution in [3.63, 3.8) is 0 Å². The summed E-state index contributed by atoms with van der Waals surface area (Å²) in [5, 5.41) is 0. The molecule has 39 heavy (non-hydrogen) atoms. The monoisotopic (exact) mass is 541 g/mol. The minimum atomic E-state index is -4.90. The minimum absolute atomic E-state index is 0.0823. The molecule has 0 spiro atoms. The van der Waals surface area contributed by atoms with Gasteiger partial charge in [-0.3, -0.25) is 13.9 Å². The van der Waals surface area contributed by atoms with E-state index < -0.39 is 53.1 Å². The lowest BCUT2D eigenvalue weighted by molar-refractivity contribution is -0.138. The summed E-state index contributed by atoms with van der Waals surface area (Å²) >= 11 is 0. The normalized spacial score (nSPS) is 15.5. The van der Waals surface area contributed by atoms with Crippen LogP contribution in [0.3, 0.4) is 0 Å². The molecule has 2 heterocycles. The Morgan fingerprint density at radius 3 is 2.46 bits per heavy atom. The van der Waals surface area contributed by atoms with E-state index in [1.165, 1.54) is 13.2 Å². The number of halogens is 4. The number of alkyl halides is 3. The molecule has 7 nitrogen and oxygen atoms in total. The molecule has 202 valence electrons. The number of fused-ring (bicyclic) bond motifs is 1. The van der Waals surface area contributed by atoms with Crippen molar-refractivity contribution < 1.29 is 27.0 Å². The Kier molecular flexibility index (Phi) is 6.77. The van der Waals surface area contributed by atoms with Gasteiger partial charge in [-0.1, -0.05) is 48.5 Å². The lowest BCUT2D eigenvalue weighted by atomic mass is 9.99. The molecule has 0 fully saturated rings. The highest BCUT2D eigenvalue weighted by Gasteiger charge is 2.41. The fraction of sp³-hybridized carbons (Fsp3) is 0.214. The van der Waals surface area contributed by atoms with E-state index in [1.807, 2.05) is 0 Å². The van der Waals surface area contributed by atoms with E-state index in [0.29, 0.717) is 16.9 Å². The van der Waals surface area contributed by atoms with Gasteiger partial charge in [0.1, 0.15) is 29.8 Å². The number of benzene rings is 3. The molecule has 1 aliphatic rings. The standard InChI is InChI=1S/C28H23F4N3O4/c1-38-18-10-5-9-17(13-18)23-25(36)34(14-21(33)16-7-3-2-4-8-16)27(37)35-22(15-39-26(23)35)24-19(28(30,31)32)11-6-12-20(24)29/h2-13,21-22H,14-15,33H2,1H3. The highest BCUT2D eigenvalue weighted by Crippen LogP contribution is 2.42. The zero-order valence-corrected chi connectivity index (χ0v) is 20.6. The molecule has 1 aromatic heterocycles. The van der Waals surface area contributed by atoms with Gasteiger partial charge in [-0.2, -0.15) is 13.2 Å². The average Bonchev–Trinajstić information content (AvgIpc) is 3.35. The Labute approximate surface area is 219 Å². The molecule has 5 rings (SSSR count). The summed E-state index contributed by atoms with van der Waals surface area (Å²) in [7, 11) is 1.43. The minimum Gasteiger partial charge on any atom is -0.497 e. The fourth-order valence-corrected chi connectivity index (χ4v) is 4.82. The van der Waals surface area contributed by atoms with Gasteiger partial charge in [0.25, 0.3) is 5.56 Å². The van der Waals surface area contributed by atoms with Gasteiger partial charge in [0.2, 0.25) is 5.88 Å². The zero-order valence-electron chi connectivity index (χ0n) is 20.6. The number of methoxy groups -OCH3 is 1. The van der Waals surface area contributed by atoms with Gasteiger partial charge in [-0.15, -0.1) is 0 Å². The van der Waals surface area contributed by atoms with Crippen molar-refractivity contribution in [3.8, 4) is 22.8 Å². The van der Waals surface area contributed by atoms with Crippen LogP contribution in [0.1, 0.15) is 28.8 Å². The first-order valence-corrected chi connectivity index (χ1v) is 11.9. The van der Waals surface area contributed by atoms with Crippen LogP contribution < -0.4 is 26.5 Å². The van der Waals surface area contributed by atoms with Crippen molar-refractivity contribution in [2.45, 2.75) is 24.8 Å². The molecule has 0 saturated carbocycles. The van der Waals surface area contributed by atoms with E-state index in [2.05, 4.69) is 0 Å². The molecular weight excluding hydrogens is 518 g/mol. The van der Waals surface area contributed by atoms with Gasteiger partial charge in [0.05, 0.1) is 19.2 Å². The van der Waals surface area contributed by atoms with Gasteiger partial charge in [-0.05, 0) is 35.4 Å². The number of hydrogen-bond donors (Lipinski definition) is 1. The lowest BCUT2D eigenvalue weighted by Gasteiger charge is -2.21. The average molecular weight is 542 g/mol. The van der Waals surface area contributed by atoms with Crippen LogP contribution in [0.5, 0.6) is 11.6 Å². The predicted octanol–water partition coefficient (Wildman–Crippen LogP) is 4.53. The summed E-state index contributed by atoms with van der Waals surface area (Å²) < 4.78 is 69.5. The Hall–Kier alpha value is -4.38. The van der Waals surface area contributed by atoms with E-state index in [9.17, 15) is 22.8 Å². The Balaban J connectivity index is 1.77. The van der Waals surface area contributed by atoms with Gasteiger partial charge in [0, 0.05) is 11.6 Å². The van der Waals surface area contributed by atoms with Crippen LogP contribution in [0.15, 0.2) is 82.4 Å². The third-order valence-corrected chi connectivity index (χ3v) is 6.68. The number of ether oxygens (including phenoxy) is 2. The Morgan fingerprint density at radius 2 is 1.77 bits per heavy atom. The molecule has 0 amide bonds. The van der Waals surface area contributed by atoms with E-state index in [1.54, 1.807) is 48.5 Å². The third kappa shape index (κ3) is 4.69. The molecular formula is C28H23F4N3O4. The molecule has 0 radical (unpaired) electrons.